The van der Waals surface area contributed by atoms with Crippen LogP contribution in [0.4, 0.5) is 0 Å². The average molecular weight is 116 g/mol. The molecular formula is C5H13BO2. The molecule has 0 rings (SSSR count). The molecule has 0 fully saturated rings. The molecule has 3 heteroatoms. The molecule has 0 amide bonds. The van der Waals surface area contributed by atoms with Crippen molar-refractivity contribution in [2.75, 3.05) is 14.2 Å². The van der Waals surface area contributed by atoms with E-state index in [1.807, 2.05) is 0 Å². The van der Waals surface area contributed by atoms with Gasteiger partial charge < -0.3 is 9.31 Å². The quantitative estimate of drug-likeness (QED) is 0.513. The highest BCUT2D eigenvalue weighted by Crippen LogP contribution is 1.96. The highest BCUT2D eigenvalue weighted by Gasteiger charge is 2.10. The summed E-state index contributed by atoms with van der Waals surface area (Å²) in [4.78, 5) is 0. The van der Waals surface area contributed by atoms with Crippen molar-refractivity contribution in [2.45, 2.75) is 19.7 Å². The molecule has 2 nitrogen and oxygen atoms in total. The van der Waals surface area contributed by atoms with E-state index in [-0.39, 0.29) is 7.12 Å². The zero-order valence-electron chi connectivity index (χ0n) is 5.81. The molecule has 0 aromatic heterocycles. The second-order valence-electron chi connectivity index (χ2n) is 1.69. The Morgan fingerprint density at radius 2 is 1.75 bits per heavy atom. The molecule has 0 spiro atoms. The van der Waals surface area contributed by atoms with E-state index in [4.69, 9.17) is 9.31 Å². The normalized spacial score (nSPS) is 9.38. The largest absolute Gasteiger partial charge is 0.456 e. The molecule has 48 valence electrons. The predicted octanol–water partition coefficient (Wildman–Crippen LogP) is 1.18. The van der Waals surface area contributed by atoms with Crippen LogP contribution in [0.2, 0.25) is 6.32 Å². The molecule has 0 aromatic rings. The van der Waals surface area contributed by atoms with Gasteiger partial charge in [0.15, 0.2) is 0 Å². The summed E-state index contributed by atoms with van der Waals surface area (Å²) in [5, 5.41) is 0. The van der Waals surface area contributed by atoms with Crippen LogP contribution in [-0.4, -0.2) is 21.3 Å². The summed E-state index contributed by atoms with van der Waals surface area (Å²) in [6.45, 7) is 2.10. The van der Waals surface area contributed by atoms with Gasteiger partial charge >= 0.3 is 7.12 Å². The van der Waals surface area contributed by atoms with Crippen molar-refractivity contribution >= 4 is 7.12 Å². The van der Waals surface area contributed by atoms with Crippen LogP contribution in [0.1, 0.15) is 13.3 Å². The summed E-state index contributed by atoms with van der Waals surface area (Å²) in [6.07, 6.45) is 2.08. The molecule has 0 radical (unpaired) electrons. The summed E-state index contributed by atoms with van der Waals surface area (Å²) in [5.41, 5.74) is 0. The third kappa shape index (κ3) is 3.05. The molecule has 0 heterocycles. The highest BCUT2D eigenvalue weighted by atomic mass is 16.6. The smallest absolute Gasteiger partial charge is 0.414 e. The van der Waals surface area contributed by atoms with Gasteiger partial charge in [0.25, 0.3) is 0 Å². The molecule has 0 saturated heterocycles. The van der Waals surface area contributed by atoms with Gasteiger partial charge in [-0.15, -0.1) is 0 Å². The van der Waals surface area contributed by atoms with Gasteiger partial charge in [-0.2, -0.15) is 0 Å². The molecular weight excluding hydrogens is 103 g/mol. The highest BCUT2D eigenvalue weighted by molar-refractivity contribution is 6.44. The maximum absolute atomic E-state index is 4.92. The fraction of sp³-hybridized carbons (Fsp3) is 1.00. The summed E-state index contributed by atoms with van der Waals surface area (Å²) < 4.78 is 9.84. The number of rotatable bonds is 4. The van der Waals surface area contributed by atoms with Crippen molar-refractivity contribution in [3.8, 4) is 0 Å². The minimum absolute atomic E-state index is 0.000000000000000444. The number of hydrogen-bond acceptors (Lipinski definition) is 2. The summed E-state index contributed by atoms with van der Waals surface area (Å²) in [6, 6.07) is 0. The molecule has 0 bridgehead atoms. The molecule has 0 aliphatic rings. The molecule has 0 atom stereocenters. The Hall–Kier alpha value is -0.0151. The lowest BCUT2D eigenvalue weighted by Gasteiger charge is -2.04. The van der Waals surface area contributed by atoms with Crippen LogP contribution in [0.15, 0.2) is 0 Å². The fourth-order valence-electron chi connectivity index (χ4n) is 0.568. The topological polar surface area (TPSA) is 18.5 Å². The van der Waals surface area contributed by atoms with Gasteiger partial charge in [-0.25, -0.2) is 0 Å². The Labute approximate surface area is 51.3 Å². The zero-order chi connectivity index (χ0) is 6.41. The van der Waals surface area contributed by atoms with E-state index in [2.05, 4.69) is 6.92 Å². The molecule has 0 aliphatic heterocycles. The standard InChI is InChI=1S/C5H13BO2/c1-4-5-6(7-2)8-3/h4-5H2,1-3H3. The van der Waals surface area contributed by atoms with Gasteiger partial charge in [-0.1, -0.05) is 13.3 Å². The second-order valence-corrected chi connectivity index (χ2v) is 1.69. The van der Waals surface area contributed by atoms with E-state index in [0.29, 0.717) is 0 Å². The van der Waals surface area contributed by atoms with Crippen LogP contribution in [0, 0.1) is 0 Å². The molecule has 0 saturated carbocycles. The van der Waals surface area contributed by atoms with Crippen LogP contribution >= 0.6 is 0 Å². The Morgan fingerprint density at radius 1 is 1.25 bits per heavy atom. The Bertz CT molecular complexity index is 45.7. The van der Waals surface area contributed by atoms with Gasteiger partial charge in [0.1, 0.15) is 0 Å². The minimum atomic E-state index is -0.000000000000000444. The first kappa shape index (κ1) is 7.98. The SMILES string of the molecule is CCCB(OC)OC. The van der Waals surface area contributed by atoms with E-state index in [1.165, 1.54) is 0 Å². The van der Waals surface area contributed by atoms with Crippen LogP contribution < -0.4 is 0 Å². The summed E-state index contributed by atoms with van der Waals surface area (Å²) in [5.74, 6) is 0. The molecule has 0 aliphatic carbocycles. The van der Waals surface area contributed by atoms with Crippen LogP contribution in [0.5, 0.6) is 0 Å². The van der Waals surface area contributed by atoms with Crippen LogP contribution in [0.3, 0.4) is 0 Å². The lowest BCUT2D eigenvalue weighted by atomic mass is 9.83. The van der Waals surface area contributed by atoms with Gasteiger partial charge in [0, 0.05) is 14.2 Å². The second kappa shape index (κ2) is 5.13. The first-order valence-electron chi connectivity index (χ1n) is 2.90. The van der Waals surface area contributed by atoms with E-state index >= 15 is 0 Å². The van der Waals surface area contributed by atoms with Crippen molar-refractivity contribution in [1.29, 1.82) is 0 Å². The van der Waals surface area contributed by atoms with Crippen molar-refractivity contribution < 1.29 is 9.31 Å². The van der Waals surface area contributed by atoms with Crippen LogP contribution in [0.25, 0.3) is 0 Å². The van der Waals surface area contributed by atoms with Crippen molar-refractivity contribution in [1.82, 2.24) is 0 Å². The van der Waals surface area contributed by atoms with Gasteiger partial charge in [-0.05, 0) is 6.32 Å². The molecule has 0 aromatic carbocycles. The number of hydrogen-bond donors (Lipinski definition) is 0. The third-order valence-electron chi connectivity index (χ3n) is 1.05. The Balaban J connectivity index is 3.07. The fourth-order valence-corrected chi connectivity index (χ4v) is 0.568. The summed E-state index contributed by atoms with van der Waals surface area (Å²) in [7, 11) is 3.31. The lowest BCUT2D eigenvalue weighted by molar-refractivity contribution is 0.277. The van der Waals surface area contributed by atoms with Crippen molar-refractivity contribution in [3.05, 3.63) is 0 Å². The molecule has 8 heavy (non-hydrogen) atoms. The van der Waals surface area contributed by atoms with Gasteiger partial charge in [-0.3, -0.25) is 0 Å². The van der Waals surface area contributed by atoms with E-state index in [1.54, 1.807) is 14.2 Å². The first-order valence-corrected chi connectivity index (χ1v) is 2.90. The minimum Gasteiger partial charge on any atom is -0.414 e. The third-order valence-corrected chi connectivity index (χ3v) is 1.05. The predicted molar refractivity (Wildman–Crippen MR) is 34.9 cm³/mol. The van der Waals surface area contributed by atoms with Gasteiger partial charge in [0.2, 0.25) is 0 Å². The van der Waals surface area contributed by atoms with Crippen molar-refractivity contribution in [3.63, 3.8) is 0 Å². The van der Waals surface area contributed by atoms with Crippen molar-refractivity contribution in [2.24, 2.45) is 0 Å². The maximum Gasteiger partial charge on any atom is 0.456 e. The van der Waals surface area contributed by atoms with E-state index < -0.39 is 0 Å². The lowest BCUT2D eigenvalue weighted by Crippen LogP contribution is -2.17. The van der Waals surface area contributed by atoms with Gasteiger partial charge in [0.05, 0.1) is 0 Å². The molecule has 0 N–H and O–H groups in total. The van der Waals surface area contributed by atoms with E-state index in [0.717, 1.165) is 12.7 Å². The summed E-state index contributed by atoms with van der Waals surface area (Å²) >= 11 is 0. The Morgan fingerprint density at radius 3 is 1.88 bits per heavy atom. The maximum atomic E-state index is 4.92. The van der Waals surface area contributed by atoms with E-state index in [9.17, 15) is 0 Å². The monoisotopic (exact) mass is 116 g/mol. The average Bonchev–Trinajstić information content (AvgIpc) is 1.83. The molecule has 0 unspecified atom stereocenters. The van der Waals surface area contributed by atoms with Crippen LogP contribution in [-0.2, 0) is 9.31 Å². The first-order chi connectivity index (χ1) is 3.85. The Kier molecular flexibility index (Phi) is 5.12. The zero-order valence-corrected chi connectivity index (χ0v) is 5.81.